The van der Waals surface area contributed by atoms with Gasteiger partial charge in [-0.3, -0.25) is 4.90 Å². The Balaban J connectivity index is 1.65. The second kappa shape index (κ2) is 9.54. The highest BCUT2D eigenvalue weighted by Gasteiger charge is 2.33. The summed E-state index contributed by atoms with van der Waals surface area (Å²) in [7, 11) is 0. The predicted molar refractivity (Wildman–Crippen MR) is 129 cm³/mol. The Morgan fingerprint density at radius 1 is 1.06 bits per heavy atom. The molecule has 34 heavy (non-hydrogen) atoms. The largest absolute Gasteiger partial charge is 0.416 e. The Morgan fingerprint density at radius 2 is 1.76 bits per heavy atom. The van der Waals surface area contributed by atoms with Crippen molar-refractivity contribution in [2.24, 2.45) is 0 Å². The average molecular weight is 493 g/mol. The quantitative estimate of drug-likeness (QED) is 0.460. The first-order valence-electron chi connectivity index (χ1n) is 11.3. The monoisotopic (exact) mass is 492 g/mol. The fraction of sp³-hybridized carbons (Fsp3) is 0.458. The van der Waals surface area contributed by atoms with Crippen molar-refractivity contribution in [1.82, 2.24) is 19.9 Å². The molecule has 0 radical (unpaired) electrons. The molecule has 1 fully saturated rings. The minimum atomic E-state index is -4.41. The molecule has 1 atom stereocenters. The first-order chi connectivity index (χ1) is 16.1. The molecular weight excluding hydrogens is 465 g/mol. The highest BCUT2D eigenvalue weighted by molar-refractivity contribution is 6.32. The van der Waals surface area contributed by atoms with E-state index in [0.717, 1.165) is 37.9 Å². The topological polar surface area (TPSA) is 57.2 Å². The number of rotatable bonds is 5. The Hall–Kier alpha value is -2.65. The van der Waals surface area contributed by atoms with Crippen molar-refractivity contribution in [3.05, 3.63) is 52.4 Å². The molecule has 1 aliphatic heterocycles. The first-order valence-corrected chi connectivity index (χ1v) is 11.7. The van der Waals surface area contributed by atoms with E-state index >= 15 is 0 Å². The molecule has 0 aliphatic carbocycles. The molecule has 1 aliphatic rings. The number of nitrogens with one attached hydrogen (secondary N) is 1. The van der Waals surface area contributed by atoms with Crippen LogP contribution in [0.15, 0.2) is 30.6 Å². The summed E-state index contributed by atoms with van der Waals surface area (Å²) in [6, 6.07) is 6.21. The zero-order valence-corrected chi connectivity index (χ0v) is 20.4. The van der Waals surface area contributed by atoms with E-state index in [0.29, 0.717) is 33.6 Å². The fourth-order valence-electron chi connectivity index (χ4n) is 4.48. The smallest absolute Gasteiger partial charge is 0.366 e. The van der Waals surface area contributed by atoms with Crippen LogP contribution in [0.2, 0.25) is 5.15 Å². The number of piperazine rings is 1. The van der Waals surface area contributed by atoms with Gasteiger partial charge in [-0.2, -0.15) is 13.2 Å². The van der Waals surface area contributed by atoms with Gasteiger partial charge in [0.2, 0.25) is 0 Å². The zero-order chi connectivity index (χ0) is 24.6. The van der Waals surface area contributed by atoms with Gasteiger partial charge in [-0.15, -0.1) is 0 Å². The zero-order valence-electron chi connectivity index (χ0n) is 19.6. The van der Waals surface area contributed by atoms with Gasteiger partial charge in [-0.05, 0) is 51.0 Å². The summed E-state index contributed by atoms with van der Waals surface area (Å²) < 4.78 is 40.2. The van der Waals surface area contributed by atoms with Crippen molar-refractivity contribution in [1.29, 1.82) is 0 Å². The third-order valence-electron chi connectivity index (χ3n) is 6.45. The van der Waals surface area contributed by atoms with Crippen LogP contribution in [0, 0.1) is 6.92 Å². The molecule has 0 bridgehead atoms. The van der Waals surface area contributed by atoms with Gasteiger partial charge in [0.1, 0.15) is 12.1 Å². The van der Waals surface area contributed by atoms with Crippen LogP contribution in [0.5, 0.6) is 0 Å². The number of nitrogens with zero attached hydrogens (tertiary/aromatic N) is 5. The Kier molecular flexibility index (Phi) is 6.87. The van der Waals surface area contributed by atoms with Crippen LogP contribution in [0.3, 0.4) is 0 Å². The summed E-state index contributed by atoms with van der Waals surface area (Å²) in [4.78, 5) is 17.7. The van der Waals surface area contributed by atoms with Gasteiger partial charge in [0.15, 0.2) is 10.8 Å². The average Bonchev–Trinajstić information content (AvgIpc) is 2.78. The van der Waals surface area contributed by atoms with Gasteiger partial charge in [0.05, 0.1) is 22.7 Å². The first kappa shape index (κ1) is 24.5. The summed E-state index contributed by atoms with van der Waals surface area (Å²) in [6.07, 6.45) is -3.03. The number of benzene rings is 1. The van der Waals surface area contributed by atoms with Crippen LogP contribution < -0.4 is 10.2 Å². The van der Waals surface area contributed by atoms with Gasteiger partial charge < -0.3 is 10.2 Å². The van der Waals surface area contributed by atoms with Crippen LogP contribution in [0.1, 0.15) is 43.5 Å². The number of halogens is 4. The standard InChI is InChI=1S/C24H28ClF3N6/c1-14(2)33-8-10-34(11-9-33)20-12-18-22(29-13-30-23(18)32-21(20)25)31-16(4)17-6-5-7-19(15(17)3)24(26,27)28/h5-7,12-14,16H,8-11H2,1-4H3,(H,29,30,31,32)/t16-/m1/s1. The van der Waals surface area contributed by atoms with Gasteiger partial charge in [0.25, 0.3) is 0 Å². The minimum Gasteiger partial charge on any atom is -0.366 e. The van der Waals surface area contributed by atoms with E-state index in [4.69, 9.17) is 11.6 Å². The van der Waals surface area contributed by atoms with Crippen LogP contribution >= 0.6 is 11.6 Å². The molecular formula is C24H28ClF3N6. The highest BCUT2D eigenvalue weighted by atomic mass is 35.5. The lowest BCUT2D eigenvalue weighted by Gasteiger charge is -2.38. The third kappa shape index (κ3) is 4.90. The van der Waals surface area contributed by atoms with Crippen LogP contribution in [-0.4, -0.2) is 52.1 Å². The number of fused-ring (bicyclic) bond motifs is 1. The minimum absolute atomic E-state index is 0.193. The highest BCUT2D eigenvalue weighted by Crippen LogP contribution is 2.36. The van der Waals surface area contributed by atoms with Crippen molar-refractivity contribution < 1.29 is 13.2 Å². The summed E-state index contributed by atoms with van der Waals surface area (Å²) >= 11 is 6.52. The van der Waals surface area contributed by atoms with Crippen molar-refractivity contribution in [2.45, 2.75) is 46.0 Å². The van der Waals surface area contributed by atoms with Gasteiger partial charge in [-0.1, -0.05) is 23.7 Å². The van der Waals surface area contributed by atoms with E-state index in [1.165, 1.54) is 19.3 Å². The molecule has 1 N–H and O–H groups in total. The molecule has 0 unspecified atom stereocenters. The van der Waals surface area contributed by atoms with Crippen LogP contribution in [0.25, 0.3) is 11.0 Å². The number of pyridine rings is 1. The summed E-state index contributed by atoms with van der Waals surface area (Å²) in [5.74, 6) is 0.501. The molecule has 3 heterocycles. The Bertz CT molecular complexity index is 1180. The maximum Gasteiger partial charge on any atom is 0.416 e. The molecule has 0 amide bonds. The molecule has 182 valence electrons. The molecule has 1 aromatic carbocycles. The Labute approximate surface area is 202 Å². The molecule has 0 spiro atoms. The number of alkyl halides is 3. The van der Waals surface area contributed by atoms with Gasteiger partial charge >= 0.3 is 6.18 Å². The molecule has 6 nitrogen and oxygen atoms in total. The number of anilines is 2. The fourth-order valence-corrected chi connectivity index (χ4v) is 4.74. The van der Waals surface area contributed by atoms with Crippen molar-refractivity contribution in [3.8, 4) is 0 Å². The van der Waals surface area contributed by atoms with E-state index in [1.54, 1.807) is 6.07 Å². The van der Waals surface area contributed by atoms with E-state index in [2.05, 4.69) is 43.9 Å². The molecule has 1 saturated heterocycles. The summed E-state index contributed by atoms with van der Waals surface area (Å²) in [6.45, 7) is 11.2. The summed E-state index contributed by atoms with van der Waals surface area (Å²) in [5, 5.41) is 4.31. The van der Waals surface area contributed by atoms with E-state index in [-0.39, 0.29) is 5.56 Å². The molecule has 3 aromatic rings. The van der Waals surface area contributed by atoms with Crippen LogP contribution in [0.4, 0.5) is 24.7 Å². The maximum absolute atomic E-state index is 13.4. The summed E-state index contributed by atoms with van der Waals surface area (Å²) in [5.41, 5.74) is 1.34. The van der Waals surface area contributed by atoms with E-state index in [9.17, 15) is 13.2 Å². The lowest BCUT2D eigenvalue weighted by Crippen LogP contribution is -2.49. The van der Waals surface area contributed by atoms with E-state index < -0.39 is 17.8 Å². The Morgan fingerprint density at radius 3 is 2.41 bits per heavy atom. The molecule has 4 rings (SSSR count). The maximum atomic E-state index is 13.4. The lowest BCUT2D eigenvalue weighted by atomic mass is 9.97. The number of hydrogen-bond donors (Lipinski definition) is 1. The van der Waals surface area contributed by atoms with Crippen molar-refractivity contribution in [3.63, 3.8) is 0 Å². The normalized spacial score (nSPS) is 16.3. The van der Waals surface area contributed by atoms with Gasteiger partial charge in [-0.25, -0.2) is 15.0 Å². The molecule has 0 saturated carbocycles. The second-order valence-electron chi connectivity index (χ2n) is 8.89. The van der Waals surface area contributed by atoms with Crippen LogP contribution in [-0.2, 0) is 6.18 Å². The SMILES string of the molecule is Cc1c([C@@H](C)Nc2ncnc3nc(Cl)c(N4CCN(C(C)C)CC4)cc23)cccc1C(F)(F)F. The van der Waals surface area contributed by atoms with Crippen molar-refractivity contribution in [2.75, 3.05) is 36.4 Å². The predicted octanol–water partition coefficient (Wildman–Crippen LogP) is 5.71. The molecule has 2 aromatic heterocycles. The lowest BCUT2D eigenvalue weighted by molar-refractivity contribution is -0.138. The van der Waals surface area contributed by atoms with Crippen molar-refractivity contribution >= 4 is 34.1 Å². The van der Waals surface area contributed by atoms with Gasteiger partial charge in [0, 0.05) is 32.2 Å². The van der Waals surface area contributed by atoms with E-state index in [1.807, 2.05) is 13.0 Å². The third-order valence-corrected chi connectivity index (χ3v) is 6.72. The second-order valence-corrected chi connectivity index (χ2v) is 9.25. The number of hydrogen-bond acceptors (Lipinski definition) is 6. The number of aromatic nitrogens is 3. The molecule has 10 heteroatoms.